The predicted octanol–water partition coefficient (Wildman–Crippen LogP) is 20.2. The van der Waals surface area contributed by atoms with Crippen molar-refractivity contribution in [2.24, 2.45) is 47.3 Å². The highest BCUT2D eigenvalue weighted by Gasteiger charge is 2.66. The van der Waals surface area contributed by atoms with Gasteiger partial charge in [0.05, 0.1) is 55.7 Å². The number of para-hydroxylation sites is 2. The van der Waals surface area contributed by atoms with Gasteiger partial charge in [-0.2, -0.15) is 0 Å². The zero-order valence-corrected chi connectivity index (χ0v) is 60.1. The monoisotopic (exact) mass is 1320 g/mol. The van der Waals surface area contributed by atoms with Gasteiger partial charge in [0.1, 0.15) is 0 Å². The average molecular weight is 1320 g/mol. The van der Waals surface area contributed by atoms with E-state index in [9.17, 15) is 0 Å². The molecular weight excluding hydrogens is 1220 g/mol. The SMILES string of the molecule is CC1(C)OB(B2OC(C)(C)C(C)(C)O2)OC1(C)C.CC1(C)OB(c2ccc3c(c2)c2ccccc2n3-c2ccc3c(c2)-c2ccccc2C32C3CC4CC(C3)CC2C4)OC1(C)C.Clc1ccc2c(c1)c1ccccc1n2-c1ccc2c(c1)-c1ccccc1C21C2CC3CC(C2)CC1C3. The molecule has 2 aromatic heterocycles. The highest BCUT2D eigenvalue weighted by atomic mass is 35.5. The van der Waals surface area contributed by atoms with Gasteiger partial charge in [-0.3, -0.25) is 0 Å². The molecule has 3 aliphatic heterocycles. The van der Waals surface area contributed by atoms with Crippen molar-refractivity contribution in [2.75, 3.05) is 0 Å². The van der Waals surface area contributed by atoms with E-state index in [1.165, 1.54) is 141 Å². The molecule has 11 fully saturated rings. The first-order valence-corrected chi connectivity index (χ1v) is 37.5. The summed E-state index contributed by atoms with van der Waals surface area (Å²) in [6.07, 6.45) is 14.4. The summed E-state index contributed by atoms with van der Waals surface area (Å²) in [7, 11) is -1.33. The van der Waals surface area contributed by atoms with Crippen LogP contribution in [0.5, 0.6) is 0 Å². The van der Waals surface area contributed by atoms with Gasteiger partial charge in [0.25, 0.3) is 0 Å². The second-order valence-electron chi connectivity index (χ2n) is 34.9. The molecule has 8 aromatic carbocycles. The van der Waals surface area contributed by atoms with Gasteiger partial charge in [-0.05, 0) is 305 Å². The van der Waals surface area contributed by atoms with Crippen LogP contribution in [0.25, 0.3) is 77.2 Å². The largest absolute Gasteiger partial charge is 0.494 e. The van der Waals surface area contributed by atoms with Crippen LogP contribution in [0.2, 0.25) is 5.02 Å². The van der Waals surface area contributed by atoms with Crippen molar-refractivity contribution >= 4 is 81.8 Å². The highest BCUT2D eigenvalue weighted by molar-refractivity contribution is 7.11. The molecule has 10 aliphatic carbocycles. The van der Waals surface area contributed by atoms with Crippen LogP contribution in [-0.4, -0.2) is 63.9 Å². The summed E-state index contributed by atoms with van der Waals surface area (Å²) in [5.41, 5.74) is 19.1. The number of rotatable bonds is 4. The lowest BCUT2D eigenvalue weighted by atomic mass is 9.43. The molecule has 12 heteroatoms. The Bertz CT molecular complexity index is 4820. The molecule has 3 saturated heterocycles. The molecule has 8 nitrogen and oxygen atoms in total. The molecule has 8 saturated carbocycles. The Morgan fingerprint density at radius 3 is 1.07 bits per heavy atom. The normalized spacial score (nSPS) is 30.4. The molecule has 0 unspecified atom stereocenters. The maximum atomic E-state index is 6.45. The van der Waals surface area contributed by atoms with Crippen LogP contribution in [0.4, 0.5) is 0 Å². The smallest absolute Gasteiger partial charge is 0.405 e. The van der Waals surface area contributed by atoms with Crippen LogP contribution in [0.1, 0.15) is 170 Å². The molecule has 98 heavy (non-hydrogen) atoms. The van der Waals surface area contributed by atoms with Crippen LogP contribution in [0.3, 0.4) is 0 Å². The molecule has 0 atom stereocenters. The fourth-order valence-corrected chi connectivity index (χ4v) is 22.4. The van der Waals surface area contributed by atoms with Crippen molar-refractivity contribution in [1.82, 2.24) is 9.13 Å². The van der Waals surface area contributed by atoms with Crippen LogP contribution in [-0.2, 0) is 38.8 Å². The lowest BCUT2D eigenvalue weighted by Crippen LogP contribution is -2.55. The molecule has 13 aliphatic rings. The third kappa shape index (κ3) is 8.81. The third-order valence-corrected chi connectivity index (χ3v) is 28.4. The molecule has 498 valence electrons. The summed E-state index contributed by atoms with van der Waals surface area (Å²) in [5.74, 6) is 7.03. The zero-order chi connectivity index (χ0) is 67.2. The summed E-state index contributed by atoms with van der Waals surface area (Å²) in [6.45, 7) is 24.7. The molecule has 23 rings (SSSR count). The van der Waals surface area contributed by atoms with Gasteiger partial charge in [0, 0.05) is 48.8 Å². The first-order valence-electron chi connectivity index (χ1n) is 37.1. The first kappa shape index (κ1) is 62.6. The zero-order valence-electron chi connectivity index (χ0n) is 59.3. The van der Waals surface area contributed by atoms with Crippen molar-refractivity contribution in [2.45, 2.75) is 192 Å². The second-order valence-corrected chi connectivity index (χ2v) is 35.3. The van der Waals surface area contributed by atoms with Crippen molar-refractivity contribution in [3.63, 3.8) is 0 Å². The van der Waals surface area contributed by atoms with E-state index in [4.69, 9.17) is 39.5 Å². The second kappa shape index (κ2) is 21.3. The first-order chi connectivity index (χ1) is 46.8. The van der Waals surface area contributed by atoms with Crippen LogP contribution >= 0.6 is 11.6 Å². The van der Waals surface area contributed by atoms with Gasteiger partial charge in [0.2, 0.25) is 0 Å². The molecule has 5 heterocycles. The van der Waals surface area contributed by atoms with E-state index in [2.05, 4.69) is 201 Å². The van der Waals surface area contributed by atoms with E-state index in [-0.39, 0.29) is 51.6 Å². The Kier molecular flexibility index (Phi) is 13.6. The Morgan fingerprint density at radius 1 is 0.316 bits per heavy atom. The summed E-state index contributed by atoms with van der Waals surface area (Å²) < 4.78 is 41.7. The van der Waals surface area contributed by atoms with E-state index in [0.29, 0.717) is 0 Å². The highest BCUT2D eigenvalue weighted by Crippen LogP contribution is 2.71. The molecule has 10 aromatic rings. The maximum Gasteiger partial charge on any atom is 0.494 e. The van der Waals surface area contributed by atoms with Gasteiger partial charge in [-0.15, -0.1) is 0 Å². The van der Waals surface area contributed by atoms with Gasteiger partial charge in [0.15, 0.2) is 0 Å². The van der Waals surface area contributed by atoms with Crippen molar-refractivity contribution in [1.29, 1.82) is 0 Å². The van der Waals surface area contributed by atoms with Gasteiger partial charge < -0.3 is 37.1 Å². The lowest BCUT2D eigenvalue weighted by Gasteiger charge is -2.61. The van der Waals surface area contributed by atoms with Crippen molar-refractivity contribution in [3.05, 3.63) is 197 Å². The lowest BCUT2D eigenvalue weighted by molar-refractivity contribution is -0.0399. The Hall–Kier alpha value is -6.40. The Balaban J connectivity index is 0.000000112. The molecular formula is C86H92B3ClN2O6. The van der Waals surface area contributed by atoms with E-state index in [1.54, 1.807) is 22.3 Å². The number of aromatic nitrogens is 2. The minimum absolute atomic E-state index is 0.205. The van der Waals surface area contributed by atoms with Gasteiger partial charge in [-0.25, -0.2) is 0 Å². The quantitative estimate of drug-likeness (QED) is 0.164. The fraction of sp³-hybridized carbons (Fsp3) is 0.442. The average Bonchev–Trinajstić information content (AvgIpc) is 1.46. The summed E-state index contributed by atoms with van der Waals surface area (Å²) >= 11 is 6.44. The Morgan fingerprint density at radius 2 is 0.653 bits per heavy atom. The number of halogens is 1. The number of fused-ring (bicyclic) bond motifs is 12. The number of benzene rings is 8. The fourth-order valence-electron chi connectivity index (χ4n) is 22.2. The molecule has 0 N–H and O–H groups in total. The number of hydrogen-bond donors (Lipinski definition) is 0. The maximum absolute atomic E-state index is 6.45. The molecule has 8 bridgehead atoms. The van der Waals surface area contributed by atoms with E-state index < -0.39 is 14.0 Å². The van der Waals surface area contributed by atoms with E-state index >= 15 is 0 Å². The minimum atomic E-state index is -0.476. The standard InChI is InChI=1S/C40H40BNO2.C34H28ClN.C12H24B2O4/c1-38(2)39(3,4)44-41(43-38)28-13-16-37-33(22-28)31-10-6-8-12-36(31)42(37)29-14-15-35-32(23-29)30-9-5-7-11-34(30)40(35)26-18-24-17-25(20-26)21-27(40)19-24;35-24-9-12-33-29(18-24)27-6-2-4-8-32(27)36(33)25-10-11-31-28(19-25)26-5-1-3-7-30(26)34(31)22-14-20-13-21(16-22)17-23(34)15-20;1-9(2)10(3,4)16-13(15-9)14-17-11(5,6)12(7,8)18-14/h5-16,22-27H,17-21H2,1-4H3;1-12,18-23H,13-17H2;1-8H3. The van der Waals surface area contributed by atoms with Gasteiger partial charge in [-0.1, -0.05) is 121 Å². The van der Waals surface area contributed by atoms with Crippen LogP contribution in [0, 0.1) is 47.3 Å². The topological polar surface area (TPSA) is 65.2 Å². The van der Waals surface area contributed by atoms with Crippen LogP contribution in [0.15, 0.2) is 170 Å². The summed E-state index contributed by atoms with van der Waals surface area (Å²) in [4.78, 5) is 0. The Labute approximate surface area is 585 Å². The molecule has 0 amide bonds. The van der Waals surface area contributed by atoms with Crippen molar-refractivity contribution < 1.29 is 27.9 Å². The molecule has 0 radical (unpaired) electrons. The summed E-state index contributed by atoms with van der Waals surface area (Å²) in [6, 6.07) is 64.4. The number of nitrogens with zero attached hydrogens (tertiary/aromatic N) is 2. The summed E-state index contributed by atoms with van der Waals surface area (Å²) in [5, 5.41) is 5.77. The van der Waals surface area contributed by atoms with Crippen LogP contribution < -0.4 is 5.46 Å². The van der Waals surface area contributed by atoms with E-state index in [0.717, 1.165) is 57.8 Å². The third-order valence-electron chi connectivity index (χ3n) is 28.2. The minimum Gasteiger partial charge on any atom is -0.405 e. The van der Waals surface area contributed by atoms with E-state index in [1.807, 2.05) is 61.5 Å². The predicted molar refractivity (Wildman–Crippen MR) is 401 cm³/mol. The van der Waals surface area contributed by atoms with Gasteiger partial charge >= 0.3 is 21.1 Å². The molecule has 2 spiro atoms. The number of hydrogen-bond acceptors (Lipinski definition) is 6. The van der Waals surface area contributed by atoms with Crippen molar-refractivity contribution in [3.8, 4) is 33.6 Å².